The molecule has 0 spiro atoms. The van der Waals surface area contributed by atoms with Crippen LogP contribution >= 0.6 is 43.2 Å². The molecular formula is C14H12Br2N2OS. The summed E-state index contributed by atoms with van der Waals surface area (Å²) < 4.78 is 7.82. The van der Waals surface area contributed by atoms with Gasteiger partial charge < -0.3 is 9.73 Å². The number of aryl methyl sites for hydroxylation is 1. The molecule has 3 nitrogen and oxygen atoms in total. The van der Waals surface area contributed by atoms with Gasteiger partial charge >= 0.3 is 0 Å². The normalized spacial score (nSPS) is 11.2. The van der Waals surface area contributed by atoms with Crippen molar-refractivity contribution < 1.29 is 4.42 Å². The van der Waals surface area contributed by atoms with Gasteiger partial charge in [-0.05, 0) is 56.1 Å². The second-order valence-electron chi connectivity index (χ2n) is 4.33. The number of hydrogen-bond donors (Lipinski definition) is 1. The van der Waals surface area contributed by atoms with Crippen molar-refractivity contribution >= 4 is 60.0 Å². The molecule has 6 heteroatoms. The minimum atomic E-state index is 0.781. The molecule has 0 fully saturated rings. The van der Waals surface area contributed by atoms with E-state index in [1.807, 2.05) is 25.1 Å². The molecule has 3 aromatic rings. The summed E-state index contributed by atoms with van der Waals surface area (Å²) in [4.78, 5) is 5.71. The second-order valence-corrected chi connectivity index (χ2v) is 7.64. The highest BCUT2D eigenvalue weighted by Crippen LogP contribution is 2.32. The van der Waals surface area contributed by atoms with E-state index >= 15 is 0 Å². The first-order valence-corrected chi connectivity index (χ1v) is 8.63. The number of oxazole rings is 1. The van der Waals surface area contributed by atoms with E-state index in [1.165, 1.54) is 4.88 Å². The van der Waals surface area contributed by atoms with Crippen LogP contribution < -0.4 is 5.32 Å². The van der Waals surface area contributed by atoms with Crippen LogP contribution in [0.1, 0.15) is 17.7 Å². The number of aromatic nitrogens is 1. The Hall–Kier alpha value is -0.850. The Labute approximate surface area is 137 Å². The first kappa shape index (κ1) is 14.1. The van der Waals surface area contributed by atoms with Gasteiger partial charge in [0.1, 0.15) is 5.52 Å². The van der Waals surface area contributed by atoms with Gasteiger partial charge in [-0.2, -0.15) is 0 Å². The molecule has 0 bridgehead atoms. The molecule has 2 aromatic heterocycles. The van der Waals surface area contributed by atoms with E-state index in [-0.39, 0.29) is 0 Å². The molecule has 1 aromatic carbocycles. The Morgan fingerprint density at radius 2 is 2.15 bits per heavy atom. The first-order chi connectivity index (χ1) is 9.65. The number of hydrogen-bond acceptors (Lipinski definition) is 4. The lowest BCUT2D eigenvalue weighted by atomic mass is 10.3. The summed E-state index contributed by atoms with van der Waals surface area (Å²) in [6.45, 7) is 2.83. The highest BCUT2D eigenvalue weighted by atomic mass is 79.9. The third kappa shape index (κ3) is 2.92. The fourth-order valence-electron chi connectivity index (χ4n) is 1.90. The lowest BCUT2D eigenvalue weighted by Crippen LogP contribution is -1.96. The maximum absolute atomic E-state index is 5.60. The van der Waals surface area contributed by atoms with Gasteiger partial charge in [0.25, 0.3) is 0 Å². The lowest BCUT2D eigenvalue weighted by molar-refractivity contribution is 0.538. The van der Waals surface area contributed by atoms with E-state index in [2.05, 4.69) is 48.2 Å². The standard InChI is InChI=1S/C14H12Br2N2OS/c1-2-13-18-11-5-8(3-4-12(11)19-13)17-7-9-6-10(15)14(16)20-9/h3-6,17H,2,7H2,1H3. The predicted molar refractivity (Wildman–Crippen MR) is 90.4 cm³/mol. The fourth-order valence-corrected chi connectivity index (χ4v) is 4.02. The third-order valence-corrected chi connectivity index (χ3v) is 6.15. The summed E-state index contributed by atoms with van der Waals surface area (Å²) in [5, 5.41) is 3.41. The van der Waals surface area contributed by atoms with Crippen molar-refractivity contribution in [1.82, 2.24) is 4.98 Å². The molecule has 0 aliphatic carbocycles. The van der Waals surface area contributed by atoms with Crippen molar-refractivity contribution in [2.75, 3.05) is 5.32 Å². The average Bonchev–Trinajstić information content (AvgIpc) is 2.99. The summed E-state index contributed by atoms with van der Waals surface area (Å²) in [6, 6.07) is 8.12. The van der Waals surface area contributed by atoms with Crippen molar-refractivity contribution in [3.63, 3.8) is 0 Å². The number of nitrogens with one attached hydrogen (secondary N) is 1. The number of nitrogens with zero attached hydrogens (tertiary/aromatic N) is 1. The fraction of sp³-hybridized carbons (Fsp3) is 0.214. The van der Waals surface area contributed by atoms with E-state index in [9.17, 15) is 0 Å². The van der Waals surface area contributed by atoms with Gasteiger partial charge in [0.15, 0.2) is 11.5 Å². The van der Waals surface area contributed by atoms with Gasteiger partial charge in [0, 0.05) is 28.0 Å². The van der Waals surface area contributed by atoms with Crippen LogP contribution in [0.3, 0.4) is 0 Å². The summed E-state index contributed by atoms with van der Waals surface area (Å²) in [5.74, 6) is 0.781. The quantitative estimate of drug-likeness (QED) is 0.603. The summed E-state index contributed by atoms with van der Waals surface area (Å²) >= 11 is 8.72. The minimum absolute atomic E-state index is 0.781. The zero-order valence-corrected chi connectivity index (χ0v) is 14.7. The Balaban J connectivity index is 1.76. The number of benzene rings is 1. The summed E-state index contributed by atoms with van der Waals surface area (Å²) in [5.41, 5.74) is 2.79. The lowest BCUT2D eigenvalue weighted by Gasteiger charge is -2.03. The van der Waals surface area contributed by atoms with Crippen LogP contribution in [-0.4, -0.2) is 4.98 Å². The van der Waals surface area contributed by atoms with Crippen LogP contribution in [0.25, 0.3) is 11.1 Å². The highest BCUT2D eigenvalue weighted by molar-refractivity contribution is 9.13. The van der Waals surface area contributed by atoms with Crippen LogP contribution in [0, 0.1) is 0 Å². The third-order valence-electron chi connectivity index (χ3n) is 2.90. The molecule has 0 aliphatic heterocycles. The second kappa shape index (κ2) is 5.87. The molecule has 0 unspecified atom stereocenters. The molecule has 0 saturated heterocycles. The molecule has 0 saturated carbocycles. The Bertz CT molecular complexity index is 731. The Kier molecular flexibility index (Phi) is 4.14. The summed E-state index contributed by atoms with van der Waals surface area (Å²) in [6.07, 6.45) is 0.814. The average molecular weight is 416 g/mol. The van der Waals surface area contributed by atoms with Gasteiger partial charge in [-0.3, -0.25) is 0 Å². The minimum Gasteiger partial charge on any atom is -0.441 e. The predicted octanol–water partition coefficient (Wildman–Crippen LogP) is 5.59. The van der Waals surface area contributed by atoms with Crippen molar-refractivity contribution in [3.8, 4) is 0 Å². The molecular weight excluding hydrogens is 404 g/mol. The van der Waals surface area contributed by atoms with E-state index in [1.54, 1.807) is 11.3 Å². The molecule has 0 aliphatic rings. The Morgan fingerprint density at radius 1 is 1.30 bits per heavy atom. The maximum Gasteiger partial charge on any atom is 0.195 e. The highest BCUT2D eigenvalue weighted by Gasteiger charge is 2.06. The summed E-state index contributed by atoms with van der Waals surface area (Å²) in [7, 11) is 0. The van der Waals surface area contributed by atoms with Gasteiger partial charge in [0.2, 0.25) is 0 Å². The van der Waals surface area contributed by atoms with E-state index < -0.39 is 0 Å². The molecule has 104 valence electrons. The van der Waals surface area contributed by atoms with E-state index in [4.69, 9.17) is 4.42 Å². The van der Waals surface area contributed by atoms with Crippen LogP contribution in [0.4, 0.5) is 5.69 Å². The van der Waals surface area contributed by atoms with E-state index in [0.29, 0.717) is 0 Å². The van der Waals surface area contributed by atoms with Gasteiger partial charge in [-0.25, -0.2) is 4.98 Å². The Morgan fingerprint density at radius 3 is 2.85 bits per heavy atom. The zero-order valence-electron chi connectivity index (χ0n) is 10.7. The molecule has 2 heterocycles. The number of halogens is 2. The molecule has 3 rings (SSSR count). The van der Waals surface area contributed by atoms with E-state index in [0.717, 1.165) is 43.9 Å². The molecule has 0 amide bonds. The SMILES string of the molecule is CCc1nc2cc(NCc3cc(Br)c(Br)s3)ccc2o1. The van der Waals surface area contributed by atoms with Crippen LogP contribution in [0.15, 0.2) is 36.9 Å². The van der Waals surface area contributed by atoms with Crippen molar-refractivity contribution in [2.24, 2.45) is 0 Å². The topological polar surface area (TPSA) is 38.1 Å². The molecule has 1 N–H and O–H groups in total. The molecule has 0 radical (unpaired) electrons. The van der Waals surface area contributed by atoms with Crippen LogP contribution in [-0.2, 0) is 13.0 Å². The number of rotatable bonds is 4. The van der Waals surface area contributed by atoms with Crippen molar-refractivity contribution in [3.05, 3.63) is 43.3 Å². The first-order valence-electron chi connectivity index (χ1n) is 6.22. The van der Waals surface area contributed by atoms with Gasteiger partial charge in [-0.15, -0.1) is 11.3 Å². The number of anilines is 1. The van der Waals surface area contributed by atoms with Gasteiger partial charge in [-0.1, -0.05) is 6.92 Å². The van der Waals surface area contributed by atoms with Crippen LogP contribution in [0.2, 0.25) is 0 Å². The van der Waals surface area contributed by atoms with Crippen molar-refractivity contribution in [1.29, 1.82) is 0 Å². The zero-order chi connectivity index (χ0) is 14.1. The van der Waals surface area contributed by atoms with Crippen LogP contribution in [0.5, 0.6) is 0 Å². The largest absolute Gasteiger partial charge is 0.441 e. The molecule has 0 atom stereocenters. The molecule has 20 heavy (non-hydrogen) atoms. The smallest absolute Gasteiger partial charge is 0.195 e. The maximum atomic E-state index is 5.60. The van der Waals surface area contributed by atoms with Crippen molar-refractivity contribution in [2.45, 2.75) is 19.9 Å². The monoisotopic (exact) mass is 414 g/mol. The number of thiophene rings is 1. The number of fused-ring (bicyclic) bond motifs is 1. The van der Waals surface area contributed by atoms with Gasteiger partial charge in [0.05, 0.1) is 3.79 Å².